The summed E-state index contributed by atoms with van der Waals surface area (Å²) < 4.78 is 0. The molecule has 0 saturated carbocycles. The van der Waals surface area contributed by atoms with E-state index in [-0.39, 0.29) is 35.4 Å². The number of hydrogen-bond donors (Lipinski definition) is 3. The molecular weight excluding hydrogens is 266 g/mol. The number of nitro groups is 1. The quantitative estimate of drug-likeness (QED) is 0.532. The van der Waals surface area contributed by atoms with Gasteiger partial charge in [0.1, 0.15) is 5.69 Å². The van der Waals surface area contributed by atoms with Crippen molar-refractivity contribution in [2.24, 2.45) is 0 Å². The monoisotopic (exact) mass is 281 g/mol. The van der Waals surface area contributed by atoms with Crippen molar-refractivity contribution in [3.63, 3.8) is 0 Å². The van der Waals surface area contributed by atoms with Gasteiger partial charge in [-0.1, -0.05) is 6.07 Å². The number of nitro benzene ring substituents is 1. The molecule has 1 amide bonds. The minimum absolute atomic E-state index is 0.0750. The van der Waals surface area contributed by atoms with E-state index >= 15 is 0 Å². The minimum Gasteiger partial charge on any atom is -0.478 e. The Labute approximate surface area is 114 Å². The highest BCUT2D eigenvalue weighted by Crippen LogP contribution is 2.28. The SMILES string of the molecule is CC(C)NC(=O)CNc1c(C(=O)O)cccc1[N+](=O)[O-]. The molecular formula is C12H15N3O5. The number of carbonyl (C=O) groups is 2. The molecule has 0 heterocycles. The van der Waals surface area contributed by atoms with Crippen LogP contribution in [0.4, 0.5) is 11.4 Å². The van der Waals surface area contributed by atoms with Crippen molar-refractivity contribution in [1.29, 1.82) is 0 Å². The number of amides is 1. The summed E-state index contributed by atoms with van der Waals surface area (Å²) in [4.78, 5) is 32.7. The van der Waals surface area contributed by atoms with Crippen LogP contribution in [0.25, 0.3) is 0 Å². The Balaban J connectivity index is 2.99. The van der Waals surface area contributed by atoms with Gasteiger partial charge < -0.3 is 15.7 Å². The number of benzene rings is 1. The van der Waals surface area contributed by atoms with Crippen molar-refractivity contribution in [3.8, 4) is 0 Å². The number of carboxylic acids is 1. The lowest BCUT2D eigenvalue weighted by Gasteiger charge is -2.11. The Morgan fingerprint density at radius 3 is 2.55 bits per heavy atom. The predicted molar refractivity (Wildman–Crippen MR) is 71.8 cm³/mol. The first-order valence-electron chi connectivity index (χ1n) is 5.87. The van der Waals surface area contributed by atoms with Crippen molar-refractivity contribution in [3.05, 3.63) is 33.9 Å². The van der Waals surface area contributed by atoms with Crippen LogP contribution in [0.1, 0.15) is 24.2 Å². The van der Waals surface area contributed by atoms with E-state index in [1.54, 1.807) is 13.8 Å². The molecule has 0 aliphatic carbocycles. The molecule has 0 radical (unpaired) electrons. The second kappa shape index (κ2) is 6.50. The molecule has 3 N–H and O–H groups in total. The van der Waals surface area contributed by atoms with Crippen LogP contribution in [0, 0.1) is 10.1 Å². The summed E-state index contributed by atoms with van der Waals surface area (Å²) in [5.74, 6) is -1.69. The molecule has 0 bridgehead atoms. The van der Waals surface area contributed by atoms with Gasteiger partial charge in [0.15, 0.2) is 0 Å². The van der Waals surface area contributed by atoms with E-state index in [1.165, 1.54) is 18.2 Å². The lowest BCUT2D eigenvalue weighted by atomic mass is 10.1. The number of aromatic carboxylic acids is 1. The van der Waals surface area contributed by atoms with Gasteiger partial charge in [0.2, 0.25) is 5.91 Å². The smallest absolute Gasteiger partial charge is 0.338 e. The van der Waals surface area contributed by atoms with Crippen LogP contribution >= 0.6 is 0 Å². The molecule has 0 aliphatic rings. The Kier molecular flexibility index (Phi) is 5.01. The van der Waals surface area contributed by atoms with E-state index in [2.05, 4.69) is 10.6 Å². The molecule has 1 aromatic rings. The first-order chi connectivity index (χ1) is 9.32. The highest BCUT2D eigenvalue weighted by atomic mass is 16.6. The van der Waals surface area contributed by atoms with Crippen molar-refractivity contribution in [2.45, 2.75) is 19.9 Å². The van der Waals surface area contributed by atoms with Gasteiger partial charge >= 0.3 is 5.97 Å². The summed E-state index contributed by atoms with van der Waals surface area (Å²) in [5.41, 5.74) is -0.817. The molecule has 0 atom stereocenters. The van der Waals surface area contributed by atoms with E-state index < -0.39 is 10.9 Å². The predicted octanol–water partition coefficient (Wildman–Crippen LogP) is 1.23. The van der Waals surface area contributed by atoms with Gasteiger partial charge in [0.05, 0.1) is 17.0 Å². The molecule has 0 aromatic heterocycles. The number of para-hydroxylation sites is 1. The van der Waals surface area contributed by atoms with Crippen molar-refractivity contribution in [1.82, 2.24) is 5.32 Å². The van der Waals surface area contributed by atoms with E-state index in [0.29, 0.717) is 0 Å². The van der Waals surface area contributed by atoms with E-state index in [1.807, 2.05) is 0 Å². The molecule has 1 rings (SSSR count). The highest BCUT2D eigenvalue weighted by molar-refractivity contribution is 5.97. The molecule has 20 heavy (non-hydrogen) atoms. The second-order valence-corrected chi connectivity index (χ2v) is 4.34. The van der Waals surface area contributed by atoms with Gasteiger partial charge in [-0.05, 0) is 19.9 Å². The number of rotatable bonds is 6. The Hall–Kier alpha value is -2.64. The largest absolute Gasteiger partial charge is 0.478 e. The first kappa shape index (κ1) is 15.4. The highest BCUT2D eigenvalue weighted by Gasteiger charge is 2.21. The lowest BCUT2D eigenvalue weighted by Crippen LogP contribution is -2.35. The fourth-order valence-corrected chi connectivity index (χ4v) is 1.60. The Bertz CT molecular complexity index is 510. The minimum atomic E-state index is -1.31. The van der Waals surface area contributed by atoms with Gasteiger partial charge in [-0.2, -0.15) is 0 Å². The van der Waals surface area contributed by atoms with Crippen LogP contribution in [-0.2, 0) is 4.79 Å². The molecule has 8 nitrogen and oxygen atoms in total. The average Bonchev–Trinajstić information content (AvgIpc) is 2.34. The third-order valence-electron chi connectivity index (χ3n) is 2.34. The van der Waals surface area contributed by atoms with Crippen LogP contribution < -0.4 is 10.6 Å². The Morgan fingerprint density at radius 2 is 2.05 bits per heavy atom. The zero-order valence-electron chi connectivity index (χ0n) is 11.0. The Morgan fingerprint density at radius 1 is 1.40 bits per heavy atom. The molecule has 0 fully saturated rings. The summed E-state index contributed by atoms with van der Waals surface area (Å²) >= 11 is 0. The number of nitrogens with zero attached hydrogens (tertiary/aromatic N) is 1. The number of hydrogen-bond acceptors (Lipinski definition) is 5. The van der Waals surface area contributed by atoms with Crippen LogP contribution in [0.15, 0.2) is 18.2 Å². The van der Waals surface area contributed by atoms with Gasteiger partial charge in [-0.3, -0.25) is 14.9 Å². The maximum Gasteiger partial charge on any atom is 0.338 e. The van der Waals surface area contributed by atoms with Crippen LogP contribution in [0.5, 0.6) is 0 Å². The van der Waals surface area contributed by atoms with Crippen LogP contribution in [0.3, 0.4) is 0 Å². The summed E-state index contributed by atoms with van der Waals surface area (Å²) in [7, 11) is 0. The topological polar surface area (TPSA) is 122 Å². The van der Waals surface area contributed by atoms with E-state index in [9.17, 15) is 19.7 Å². The van der Waals surface area contributed by atoms with Gasteiger partial charge in [0, 0.05) is 12.1 Å². The zero-order chi connectivity index (χ0) is 15.3. The summed E-state index contributed by atoms with van der Waals surface area (Å²) in [5, 5.41) is 25.0. The van der Waals surface area contributed by atoms with Gasteiger partial charge in [-0.15, -0.1) is 0 Å². The molecule has 1 aromatic carbocycles. The maximum absolute atomic E-state index is 11.5. The van der Waals surface area contributed by atoms with Crippen LogP contribution in [-0.4, -0.2) is 34.5 Å². The van der Waals surface area contributed by atoms with Crippen molar-refractivity contribution < 1.29 is 19.6 Å². The number of carbonyl (C=O) groups excluding carboxylic acids is 1. The normalized spacial score (nSPS) is 10.2. The number of anilines is 1. The third-order valence-corrected chi connectivity index (χ3v) is 2.34. The summed E-state index contributed by atoms with van der Waals surface area (Å²) in [6.45, 7) is 3.29. The fraction of sp³-hybridized carbons (Fsp3) is 0.333. The molecule has 0 saturated heterocycles. The van der Waals surface area contributed by atoms with Gasteiger partial charge in [0.25, 0.3) is 5.69 Å². The maximum atomic E-state index is 11.5. The molecule has 0 spiro atoms. The fourth-order valence-electron chi connectivity index (χ4n) is 1.60. The van der Waals surface area contributed by atoms with E-state index in [4.69, 9.17) is 5.11 Å². The molecule has 108 valence electrons. The molecule has 0 aliphatic heterocycles. The lowest BCUT2D eigenvalue weighted by molar-refractivity contribution is -0.384. The zero-order valence-corrected chi connectivity index (χ0v) is 11.0. The number of carboxylic acid groups (broad SMARTS) is 1. The molecule has 0 unspecified atom stereocenters. The standard InChI is InChI=1S/C12H15N3O5/c1-7(2)14-10(16)6-13-11-8(12(17)18)4-3-5-9(11)15(19)20/h3-5,7,13H,6H2,1-2H3,(H,14,16)(H,17,18). The molecule has 8 heteroatoms. The summed E-state index contributed by atoms with van der Waals surface area (Å²) in [6.07, 6.45) is 0. The van der Waals surface area contributed by atoms with Crippen LogP contribution in [0.2, 0.25) is 0 Å². The second-order valence-electron chi connectivity index (χ2n) is 4.34. The van der Waals surface area contributed by atoms with Gasteiger partial charge in [-0.25, -0.2) is 4.79 Å². The average molecular weight is 281 g/mol. The third kappa shape index (κ3) is 3.94. The van der Waals surface area contributed by atoms with Crippen molar-refractivity contribution >= 4 is 23.3 Å². The number of nitrogens with one attached hydrogen (secondary N) is 2. The van der Waals surface area contributed by atoms with Crippen molar-refractivity contribution in [2.75, 3.05) is 11.9 Å². The van der Waals surface area contributed by atoms with E-state index in [0.717, 1.165) is 0 Å². The first-order valence-corrected chi connectivity index (χ1v) is 5.87. The summed E-state index contributed by atoms with van der Waals surface area (Å²) in [6, 6.07) is 3.61.